The molecule has 1 aromatic carbocycles. The fourth-order valence-electron chi connectivity index (χ4n) is 4.92. The van der Waals surface area contributed by atoms with E-state index in [1.807, 2.05) is 33.7 Å². The first-order valence-corrected chi connectivity index (χ1v) is 13.3. The van der Waals surface area contributed by atoms with Crippen molar-refractivity contribution in [2.75, 3.05) is 26.2 Å². The summed E-state index contributed by atoms with van der Waals surface area (Å²) in [6, 6.07) is 11.1. The smallest absolute Gasteiger partial charge is 0.326 e. The summed E-state index contributed by atoms with van der Waals surface area (Å²) in [5.41, 5.74) is 1.64. The van der Waals surface area contributed by atoms with E-state index in [9.17, 15) is 18.0 Å². The third-order valence-electron chi connectivity index (χ3n) is 6.66. The number of hydrogen-bond donors (Lipinski definition) is 1. The molecule has 3 aromatic rings. The van der Waals surface area contributed by atoms with Gasteiger partial charge in [0.1, 0.15) is 4.21 Å². The van der Waals surface area contributed by atoms with Gasteiger partial charge in [-0.2, -0.15) is 4.31 Å². The van der Waals surface area contributed by atoms with Gasteiger partial charge in [0, 0.05) is 38.1 Å². The Bertz CT molecular complexity index is 1260. The summed E-state index contributed by atoms with van der Waals surface area (Å²) < 4.78 is 29.1. The lowest BCUT2D eigenvalue weighted by atomic mass is 9.94. The number of thiophene rings is 1. The predicted octanol–water partition coefficient (Wildman–Crippen LogP) is 2.66. The topological polar surface area (TPSA) is 95.5 Å². The average Bonchev–Trinajstić information content (AvgIpc) is 3.47. The Morgan fingerprint density at radius 1 is 0.969 bits per heavy atom. The molecule has 2 aromatic heterocycles. The molecule has 0 bridgehead atoms. The quantitative estimate of drug-likeness (QED) is 0.629. The first-order valence-electron chi connectivity index (χ1n) is 11.0. The minimum Gasteiger partial charge on any atom is -0.342 e. The number of amides is 1. The number of para-hydroxylation sites is 2. The second-order valence-corrected chi connectivity index (χ2v) is 11.6. The average molecular weight is 475 g/mol. The molecular weight excluding hydrogens is 448 g/mol. The van der Waals surface area contributed by atoms with Gasteiger partial charge in [-0.1, -0.05) is 18.2 Å². The maximum atomic E-state index is 13.1. The number of imidazole rings is 1. The summed E-state index contributed by atoms with van der Waals surface area (Å²) in [7, 11) is -3.46. The fourth-order valence-corrected chi connectivity index (χ4v) is 7.53. The molecule has 10 heteroatoms. The Labute approximate surface area is 190 Å². The number of H-pyrrole nitrogens is 1. The van der Waals surface area contributed by atoms with Crippen LogP contribution < -0.4 is 5.69 Å². The van der Waals surface area contributed by atoms with Crippen LogP contribution in [0.1, 0.15) is 31.7 Å². The first-order chi connectivity index (χ1) is 15.4. The number of sulfonamides is 1. The Morgan fingerprint density at radius 3 is 2.38 bits per heavy atom. The molecule has 0 radical (unpaired) electrons. The number of aromatic nitrogens is 2. The molecule has 170 valence electrons. The number of hydrogen-bond acceptors (Lipinski definition) is 5. The molecule has 32 heavy (non-hydrogen) atoms. The lowest BCUT2D eigenvalue weighted by Crippen LogP contribution is -2.47. The van der Waals surface area contributed by atoms with E-state index in [1.165, 1.54) is 15.6 Å². The van der Waals surface area contributed by atoms with Crippen molar-refractivity contribution in [2.24, 2.45) is 5.92 Å². The van der Waals surface area contributed by atoms with E-state index in [0.29, 0.717) is 43.2 Å². The summed E-state index contributed by atoms with van der Waals surface area (Å²) in [6.07, 6.45) is 2.56. The molecule has 0 unspecified atom stereocenters. The number of likely N-dealkylation sites (tertiary alicyclic amines) is 1. The molecule has 2 aliphatic rings. The Kier molecular flexibility index (Phi) is 5.68. The van der Waals surface area contributed by atoms with Gasteiger partial charge in [-0.25, -0.2) is 13.2 Å². The highest BCUT2D eigenvalue weighted by Gasteiger charge is 2.35. The van der Waals surface area contributed by atoms with Gasteiger partial charge >= 0.3 is 5.69 Å². The zero-order valence-electron chi connectivity index (χ0n) is 17.6. The number of nitrogens with one attached hydrogen (secondary N) is 1. The zero-order valence-corrected chi connectivity index (χ0v) is 19.3. The van der Waals surface area contributed by atoms with Crippen LogP contribution in [0.2, 0.25) is 0 Å². The highest BCUT2D eigenvalue weighted by atomic mass is 32.2. The molecule has 5 rings (SSSR count). The van der Waals surface area contributed by atoms with Crippen LogP contribution in [0.5, 0.6) is 0 Å². The van der Waals surface area contributed by atoms with Gasteiger partial charge in [0.25, 0.3) is 10.0 Å². The third-order valence-corrected chi connectivity index (χ3v) is 9.93. The molecule has 2 saturated heterocycles. The van der Waals surface area contributed by atoms with Crippen molar-refractivity contribution in [1.29, 1.82) is 0 Å². The van der Waals surface area contributed by atoms with Gasteiger partial charge in [-0.3, -0.25) is 9.36 Å². The van der Waals surface area contributed by atoms with Crippen LogP contribution in [-0.2, 0) is 14.8 Å². The van der Waals surface area contributed by atoms with Crippen molar-refractivity contribution in [3.05, 3.63) is 52.3 Å². The van der Waals surface area contributed by atoms with Gasteiger partial charge in [0.05, 0.1) is 11.0 Å². The van der Waals surface area contributed by atoms with Crippen LogP contribution in [-0.4, -0.2) is 59.3 Å². The Morgan fingerprint density at radius 2 is 1.69 bits per heavy atom. The van der Waals surface area contributed by atoms with Crippen molar-refractivity contribution in [3.63, 3.8) is 0 Å². The van der Waals surface area contributed by atoms with Crippen LogP contribution in [0.3, 0.4) is 0 Å². The number of benzene rings is 1. The number of aromatic amines is 1. The van der Waals surface area contributed by atoms with E-state index in [0.717, 1.165) is 23.9 Å². The molecule has 1 N–H and O–H groups in total. The van der Waals surface area contributed by atoms with Gasteiger partial charge in [0.15, 0.2) is 0 Å². The predicted molar refractivity (Wildman–Crippen MR) is 123 cm³/mol. The van der Waals surface area contributed by atoms with E-state index in [1.54, 1.807) is 17.5 Å². The Balaban J connectivity index is 1.19. The summed E-state index contributed by atoms with van der Waals surface area (Å²) >= 11 is 1.22. The second-order valence-electron chi connectivity index (χ2n) is 8.48. The van der Waals surface area contributed by atoms with E-state index >= 15 is 0 Å². The largest absolute Gasteiger partial charge is 0.342 e. The maximum absolute atomic E-state index is 13.1. The van der Waals surface area contributed by atoms with Crippen molar-refractivity contribution in [3.8, 4) is 0 Å². The minimum absolute atomic E-state index is 0.0699. The van der Waals surface area contributed by atoms with Crippen LogP contribution in [0.25, 0.3) is 11.0 Å². The van der Waals surface area contributed by atoms with Crippen molar-refractivity contribution in [1.82, 2.24) is 18.8 Å². The maximum Gasteiger partial charge on any atom is 0.326 e. The van der Waals surface area contributed by atoms with Gasteiger partial charge < -0.3 is 9.88 Å². The van der Waals surface area contributed by atoms with E-state index < -0.39 is 10.0 Å². The minimum atomic E-state index is -3.46. The summed E-state index contributed by atoms with van der Waals surface area (Å²) in [6.45, 7) is 1.97. The molecule has 2 fully saturated rings. The fraction of sp³-hybridized carbons (Fsp3) is 0.455. The van der Waals surface area contributed by atoms with Crippen LogP contribution in [0, 0.1) is 5.92 Å². The molecule has 0 spiro atoms. The van der Waals surface area contributed by atoms with Crippen LogP contribution in [0.15, 0.2) is 50.8 Å². The highest BCUT2D eigenvalue weighted by molar-refractivity contribution is 7.91. The summed E-state index contributed by atoms with van der Waals surface area (Å²) in [5.74, 6) is -0.0277. The molecule has 2 aliphatic heterocycles. The summed E-state index contributed by atoms with van der Waals surface area (Å²) in [5, 5.41) is 1.76. The normalized spacial score (nSPS) is 19.6. The first kappa shape index (κ1) is 21.4. The lowest BCUT2D eigenvalue weighted by molar-refractivity contribution is -0.138. The van der Waals surface area contributed by atoms with Crippen LogP contribution in [0.4, 0.5) is 0 Å². The van der Waals surface area contributed by atoms with Crippen LogP contribution >= 0.6 is 11.3 Å². The van der Waals surface area contributed by atoms with E-state index in [2.05, 4.69) is 4.98 Å². The number of nitrogens with zero attached hydrogens (tertiary/aromatic N) is 3. The number of carbonyl (C=O) groups is 1. The van der Waals surface area contributed by atoms with E-state index in [4.69, 9.17) is 0 Å². The molecule has 1 amide bonds. The highest BCUT2D eigenvalue weighted by Crippen LogP contribution is 2.30. The lowest BCUT2D eigenvalue weighted by Gasteiger charge is -2.37. The zero-order chi connectivity index (χ0) is 22.3. The van der Waals surface area contributed by atoms with Crippen molar-refractivity contribution in [2.45, 2.75) is 35.9 Å². The number of fused-ring (bicyclic) bond motifs is 1. The second kappa shape index (κ2) is 8.49. The van der Waals surface area contributed by atoms with Gasteiger partial charge in [0.2, 0.25) is 5.91 Å². The Hall–Kier alpha value is -2.43. The monoisotopic (exact) mass is 474 g/mol. The molecule has 0 saturated carbocycles. The van der Waals surface area contributed by atoms with Gasteiger partial charge in [-0.15, -0.1) is 11.3 Å². The number of carbonyl (C=O) groups excluding carboxylic acids is 1. The summed E-state index contributed by atoms with van der Waals surface area (Å²) in [4.78, 5) is 30.4. The molecule has 8 nitrogen and oxygen atoms in total. The van der Waals surface area contributed by atoms with Crippen molar-refractivity contribution < 1.29 is 13.2 Å². The molecule has 0 atom stereocenters. The molecule has 4 heterocycles. The standard InChI is InChI=1S/C22H26N4O4S2/c27-21(16-7-13-25(14-8-16)32(29,30)20-6-3-15-31-20)24-11-9-17(10-12-24)26-19-5-2-1-4-18(19)23-22(26)28/h1-6,15-17H,7-14H2,(H,23,28). The number of piperidine rings is 2. The molecular formula is C22H26N4O4S2. The SMILES string of the molecule is O=C(C1CCN(S(=O)(=O)c2cccs2)CC1)N1CCC(n2c(=O)[nH]c3ccccc32)CC1. The number of rotatable bonds is 4. The van der Waals surface area contributed by atoms with E-state index in [-0.39, 0.29) is 23.6 Å². The third kappa shape index (κ3) is 3.80. The molecule has 0 aliphatic carbocycles. The van der Waals surface area contributed by atoms with Crippen molar-refractivity contribution >= 4 is 38.3 Å². The van der Waals surface area contributed by atoms with Gasteiger partial charge in [-0.05, 0) is 49.3 Å².